The Kier molecular flexibility index (Phi) is 5.26. The molecule has 0 unspecified atom stereocenters. The van der Waals surface area contributed by atoms with Crippen molar-refractivity contribution in [2.45, 2.75) is 19.4 Å². The number of rotatable bonds is 3. The lowest BCUT2D eigenvalue weighted by molar-refractivity contribution is 0.143. The van der Waals surface area contributed by atoms with Crippen LogP contribution in [0.2, 0.25) is 0 Å². The van der Waals surface area contributed by atoms with Gasteiger partial charge in [0.05, 0.1) is 35.5 Å². The van der Waals surface area contributed by atoms with Gasteiger partial charge in [-0.05, 0) is 38.1 Å². The molecule has 0 atom stereocenters. The molecule has 0 saturated carbocycles. The summed E-state index contributed by atoms with van der Waals surface area (Å²) in [5.74, 6) is 5.36. The van der Waals surface area contributed by atoms with E-state index in [0.29, 0.717) is 11.4 Å². The second kappa shape index (κ2) is 7.71. The Labute approximate surface area is 181 Å². The molecule has 0 heterocycles. The first-order valence-electron chi connectivity index (χ1n) is 9.36. The number of hydrogen-bond donors (Lipinski definition) is 1. The maximum atomic E-state index is 10.1. The standard InChI is InChI=1S/C25H17N5O/c1-23(2,31)14-13-21-22(25(17-28,18-29)24(21,15-26)16-27)30(19-9-5-3-6-10-19)20-11-7-4-8-12-20/h3-12,31H,1-2H3. The van der Waals surface area contributed by atoms with E-state index in [4.69, 9.17) is 0 Å². The van der Waals surface area contributed by atoms with Crippen LogP contribution in [0.5, 0.6) is 0 Å². The molecule has 0 amide bonds. The molecule has 0 aliphatic heterocycles. The number of allylic oxidation sites excluding steroid dienone is 2. The predicted octanol–water partition coefficient (Wildman–Crippen LogP) is 3.93. The van der Waals surface area contributed by atoms with E-state index in [-0.39, 0.29) is 11.3 Å². The molecule has 1 aliphatic carbocycles. The van der Waals surface area contributed by atoms with Crippen molar-refractivity contribution >= 4 is 11.4 Å². The van der Waals surface area contributed by atoms with Gasteiger partial charge in [-0.2, -0.15) is 21.0 Å². The lowest BCUT2D eigenvalue weighted by atomic mass is 9.50. The Morgan fingerprint density at radius 1 is 0.742 bits per heavy atom. The Bertz CT molecular complexity index is 1200. The number of aliphatic hydroxyl groups is 1. The largest absolute Gasteiger partial charge is 0.378 e. The molecule has 148 valence electrons. The molecule has 6 heteroatoms. The monoisotopic (exact) mass is 403 g/mol. The van der Waals surface area contributed by atoms with Gasteiger partial charge in [-0.3, -0.25) is 0 Å². The smallest absolute Gasteiger partial charge is 0.221 e. The molecule has 0 spiro atoms. The van der Waals surface area contributed by atoms with Crippen molar-refractivity contribution < 1.29 is 5.11 Å². The Morgan fingerprint density at radius 3 is 1.52 bits per heavy atom. The fourth-order valence-corrected chi connectivity index (χ4v) is 3.48. The number of nitrogens with zero attached hydrogens (tertiary/aromatic N) is 5. The van der Waals surface area contributed by atoms with Crippen LogP contribution in [0.25, 0.3) is 0 Å². The minimum Gasteiger partial charge on any atom is -0.378 e. The summed E-state index contributed by atoms with van der Waals surface area (Å²) in [6.45, 7) is 2.93. The summed E-state index contributed by atoms with van der Waals surface area (Å²) in [6.07, 6.45) is 0. The van der Waals surface area contributed by atoms with Gasteiger partial charge in [0.1, 0.15) is 5.60 Å². The van der Waals surface area contributed by atoms with Crippen molar-refractivity contribution in [2.24, 2.45) is 10.8 Å². The van der Waals surface area contributed by atoms with Gasteiger partial charge in [-0.15, -0.1) is 0 Å². The zero-order chi connectivity index (χ0) is 22.7. The highest BCUT2D eigenvalue weighted by molar-refractivity contribution is 5.80. The zero-order valence-electron chi connectivity index (χ0n) is 17.0. The summed E-state index contributed by atoms with van der Waals surface area (Å²) in [5.41, 5.74) is -4.16. The quantitative estimate of drug-likeness (QED) is 0.776. The van der Waals surface area contributed by atoms with Crippen LogP contribution in [0.4, 0.5) is 11.4 Å². The highest BCUT2D eigenvalue weighted by atomic mass is 16.3. The van der Waals surface area contributed by atoms with E-state index in [2.05, 4.69) is 11.8 Å². The summed E-state index contributed by atoms with van der Waals surface area (Å²) in [6, 6.07) is 25.6. The van der Waals surface area contributed by atoms with Crippen molar-refractivity contribution in [1.29, 1.82) is 21.0 Å². The van der Waals surface area contributed by atoms with Crippen LogP contribution in [0.1, 0.15) is 13.8 Å². The average Bonchev–Trinajstić information content (AvgIpc) is 2.77. The number of benzene rings is 2. The molecule has 2 aromatic carbocycles. The topological polar surface area (TPSA) is 119 Å². The third-order valence-electron chi connectivity index (χ3n) is 4.95. The maximum Gasteiger partial charge on any atom is 0.221 e. The van der Waals surface area contributed by atoms with E-state index in [1.54, 1.807) is 53.4 Å². The predicted molar refractivity (Wildman–Crippen MR) is 113 cm³/mol. The van der Waals surface area contributed by atoms with Crippen LogP contribution in [0, 0.1) is 68.0 Å². The Hall–Kier alpha value is -4.54. The molecule has 1 N–H and O–H groups in total. The van der Waals surface area contributed by atoms with Crippen molar-refractivity contribution in [3.8, 4) is 36.1 Å². The third-order valence-corrected chi connectivity index (χ3v) is 4.95. The minimum absolute atomic E-state index is 0.0235. The molecule has 3 rings (SSSR count). The summed E-state index contributed by atoms with van der Waals surface area (Å²) in [5, 5.41) is 50.1. The second-order valence-corrected chi connectivity index (χ2v) is 7.49. The van der Waals surface area contributed by atoms with Crippen LogP contribution < -0.4 is 4.90 Å². The number of anilines is 2. The average molecular weight is 403 g/mol. The first kappa shape index (κ1) is 21.2. The normalized spacial score (nSPS) is 15.6. The Morgan fingerprint density at radius 2 is 1.16 bits per heavy atom. The lowest BCUT2D eigenvalue weighted by Gasteiger charge is -2.48. The number of para-hydroxylation sites is 2. The number of nitriles is 4. The van der Waals surface area contributed by atoms with E-state index in [1.165, 1.54) is 13.8 Å². The SMILES string of the molecule is CC(C)(O)C#CC1=C(N(c2ccccc2)c2ccccc2)C(C#N)(C#N)C1(C#N)C#N. The zero-order valence-corrected chi connectivity index (χ0v) is 17.0. The molecular formula is C25H17N5O. The molecule has 2 aromatic rings. The molecule has 0 aromatic heterocycles. The van der Waals surface area contributed by atoms with Crippen molar-refractivity contribution in [1.82, 2.24) is 0 Å². The third kappa shape index (κ3) is 3.17. The van der Waals surface area contributed by atoms with Crippen LogP contribution in [-0.2, 0) is 0 Å². The van der Waals surface area contributed by atoms with Crippen molar-refractivity contribution in [2.75, 3.05) is 4.90 Å². The van der Waals surface area contributed by atoms with Crippen LogP contribution in [0.3, 0.4) is 0 Å². The molecule has 0 saturated heterocycles. The van der Waals surface area contributed by atoms with Gasteiger partial charge in [0.2, 0.25) is 10.8 Å². The van der Waals surface area contributed by atoms with Gasteiger partial charge in [0.25, 0.3) is 0 Å². The first-order valence-corrected chi connectivity index (χ1v) is 9.36. The fraction of sp³-hybridized carbons (Fsp3) is 0.200. The lowest BCUT2D eigenvalue weighted by Crippen LogP contribution is -2.55. The molecule has 1 aliphatic rings. The minimum atomic E-state index is -2.09. The van der Waals surface area contributed by atoms with E-state index in [9.17, 15) is 26.2 Å². The molecule has 6 nitrogen and oxygen atoms in total. The molecule has 0 fully saturated rings. The van der Waals surface area contributed by atoms with Gasteiger partial charge in [0.15, 0.2) is 0 Å². The second-order valence-electron chi connectivity index (χ2n) is 7.49. The summed E-state index contributed by atoms with van der Waals surface area (Å²) >= 11 is 0. The Balaban J connectivity index is 2.47. The van der Waals surface area contributed by atoms with Crippen LogP contribution in [-0.4, -0.2) is 10.7 Å². The number of hydrogen-bond acceptors (Lipinski definition) is 6. The molecule has 0 bridgehead atoms. The highest BCUT2D eigenvalue weighted by Gasteiger charge is 2.70. The van der Waals surface area contributed by atoms with Gasteiger partial charge in [0, 0.05) is 11.4 Å². The summed E-state index contributed by atoms with van der Waals surface area (Å²) in [7, 11) is 0. The van der Waals surface area contributed by atoms with Gasteiger partial charge >= 0.3 is 0 Å². The van der Waals surface area contributed by atoms with Crippen molar-refractivity contribution in [3.05, 3.63) is 71.9 Å². The van der Waals surface area contributed by atoms with Gasteiger partial charge in [-0.1, -0.05) is 48.2 Å². The summed E-state index contributed by atoms with van der Waals surface area (Å²) < 4.78 is 0. The van der Waals surface area contributed by atoms with Crippen LogP contribution in [0.15, 0.2) is 71.9 Å². The fourth-order valence-electron chi connectivity index (χ4n) is 3.48. The van der Waals surface area contributed by atoms with Gasteiger partial charge in [-0.25, -0.2) is 0 Å². The van der Waals surface area contributed by atoms with Crippen molar-refractivity contribution in [3.63, 3.8) is 0 Å². The molecular weight excluding hydrogens is 386 g/mol. The van der Waals surface area contributed by atoms with E-state index in [1.807, 2.05) is 36.4 Å². The highest BCUT2D eigenvalue weighted by Crippen LogP contribution is 2.62. The maximum absolute atomic E-state index is 10.1. The van der Waals surface area contributed by atoms with E-state index >= 15 is 0 Å². The van der Waals surface area contributed by atoms with Crippen LogP contribution >= 0.6 is 0 Å². The first-order chi connectivity index (χ1) is 14.8. The van der Waals surface area contributed by atoms with E-state index < -0.39 is 16.4 Å². The summed E-state index contributed by atoms with van der Waals surface area (Å²) in [4.78, 5) is 1.66. The molecule has 31 heavy (non-hydrogen) atoms. The molecule has 0 radical (unpaired) electrons. The van der Waals surface area contributed by atoms with Gasteiger partial charge < -0.3 is 10.0 Å². The van der Waals surface area contributed by atoms with E-state index in [0.717, 1.165) is 0 Å².